The van der Waals surface area contributed by atoms with Gasteiger partial charge in [-0.3, -0.25) is 4.98 Å². The molecular weight excluding hydrogens is 318 g/mol. The monoisotopic (exact) mass is 343 g/mol. The fourth-order valence-electron chi connectivity index (χ4n) is 4.56. The highest BCUT2D eigenvalue weighted by Crippen LogP contribution is 2.38. The van der Waals surface area contributed by atoms with E-state index in [1.165, 1.54) is 46.3 Å². The maximum absolute atomic E-state index is 6.25. The van der Waals surface area contributed by atoms with Crippen LogP contribution in [0.5, 0.6) is 0 Å². The molecule has 2 N–H and O–H groups in total. The molecule has 3 heteroatoms. The maximum Gasteiger partial charge on any atom is 0.0726 e. The topological polar surface area (TPSA) is 42.1 Å². The summed E-state index contributed by atoms with van der Waals surface area (Å²) < 4.78 is 0. The maximum atomic E-state index is 6.25. The molecule has 0 unspecified atom stereocenters. The van der Waals surface area contributed by atoms with Crippen molar-refractivity contribution in [3.05, 3.63) is 59.8 Å². The van der Waals surface area contributed by atoms with Crippen LogP contribution in [0.4, 0.5) is 5.69 Å². The number of anilines is 1. The molecule has 2 aliphatic rings. The lowest BCUT2D eigenvalue weighted by molar-refractivity contribution is 0.668. The van der Waals surface area contributed by atoms with Crippen molar-refractivity contribution >= 4 is 16.6 Å². The molecule has 1 fully saturated rings. The molecule has 1 aromatic heterocycles. The van der Waals surface area contributed by atoms with Crippen LogP contribution in [0.1, 0.15) is 30.5 Å². The van der Waals surface area contributed by atoms with E-state index in [-0.39, 0.29) is 6.04 Å². The SMILES string of the molecule is N[C@H]1CCN(c2c3c(nc4ccc(-c5ccccc5)cc24)CCCC3)C1. The van der Waals surface area contributed by atoms with Crippen molar-refractivity contribution in [1.82, 2.24) is 4.98 Å². The lowest BCUT2D eigenvalue weighted by Gasteiger charge is -2.28. The molecule has 0 saturated carbocycles. The van der Waals surface area contributed by atoms with Gasteiger partial charge in [-0.1, -0.05) is 36.4 Å². The summed E-state index contributed by atoms with van der Waals surface area (Å²) in [5.41, 5.74) is 14.1. The first-order valence-corrected chi connectivity index (χ1v) is 9.81. The average molecular weight is 343 g/mol. The predicted molar refractivity (Wildman–Crippen MR) is 109 cm³/mol. The number of benzene rings is 2. The number of hydrogen-bond donors (Lipinski definition) is 1. The summed E-state index contributed by atoms with van der Waals surface area (Å²) >= 11 is 0. The summed E-state index contributed by atoms with van der Waals surface area (Å²) in [6.45, 7) is 2.02. The number of nitrogens with two attached hydrogens (primary N) is 1. The van der Waals surface area contributed by atoms with Gasteiger partial charge < -0.3 is 10.6 Å². The zero-order chi connectivity index (χ0) is 17.5. The second kappa shape index (κ2) is 6.40. The van der Waals surface area contributed by atoms with Crippen LogP contribution in [0, 0.1) is 0 Å². The van der Waals surface area contributed by atoms with E-state index < -0.39 is 0 Å². The van der Waals surface area contributed by atoms with E-state index in [0.29, 0.717) is 0 Å². The molecule has 0 amide bonds. The highest BCUT2D eigenvalue weighted by Gasteiger charge is 2.26. The molecule has 5 rings (SSSR count). The summed E-state index contributed by atoms with van der Waals surface area (Å²) in [5, 5.41) is 1.29. The first kappa shape index (κ1) is 15.8. The molecule has 3 nitrogen and oxygen atoms in total. The fourth-order valence-corrected chi connectivity index (χ4v) is 4.56. The Bertz CT molecular complexity index is 949. The van der Waals surface area contributed by atoms with Gasteiger partial charge in [0.05, 0.1) is 11.2 Å². The highest BCUT2D eigenvalue weighted by molar-refractivity contribution is 5.97. The summed E-state index contributed by atoms with van der Waals surface area (Å²) in [6, 6.07) is 17.7. The van der Waals surface area contributed by atoms with E-state index in [1.807, 2.05) is 0 Å². The van der Waals surface area contributed by atoms with Crippen molar-refractivity contribution in [3.63, 3.8) is 0 Å². The standard InChI is InChI=1S/C23H25N3/c24-18-12-13-26(15-18)23-19-8-4-5-9-21(19)25-22-11-10-17(14-20(22)23)16-6-2-1-3-7-16/h1-3,6-7,10-11,14,18H,4-5,8-9,12-13,15,24H2/t18-/m0/s1. The highest BCUT2D eigenvalue weighted by atomic mass is 15.2. The zero-order valence-corrected chi connectivity index (χ0v) is 15.1. The van der Waals surface area contributed by atoms with E-state index in [9.17, 15) is 0 Å². The van der Waals surface area contributed by atoms with Gasteiger partial charge in [-0.05, 0) is 60.9 Å². The second-order valence-corrected chi connectivity index (χ2v) is 7.69. The molecule has 1 aliphatic heterocycles. The quantitative estimate of drug-likeness (QED) is 0.753. The Labute approximate surface area is 154 Å². The van der Waals surface area contributed by atoms with Gasteiger partial charge in [0.1, 0.15) is 0 Å². The Morgan fingerprint density at radius 1 is 0.962 bits per heavy atom. The Morgan fingerprint density at radius 2 is 1.81 bits per heavy atom. The second-order valence-electron chi connectivity index (χ2n) is 7.69. The van der Waals surface area contributed by atoms with Crippen molar-refractivity contribution in [1.29, 1.82) is 0 Å². The number of aromatic nitrogens is 1. The van der Waals surface area contributed by atoms with Crippen LogP contribution in [0.2, 0.25) is 0 Å². The molecule has 0 radical (unpaired) electrons. The van der Waals surface area contributed by atoms with Crippen LogP contribution < -0.4 is 10.6 Å². The van der Waals surface area contributed by atoms with Crippen LogP contribution in [-0.2, 0) is 12.8 Å². The van der Waals surface area contributed by atoms with E-state index in [0.717, 1.165) is 37.9 Å². The van der Waals surface area contributed by atoms with Crippen molar-refractivity contribution in [3.8, 4) is 11.1 Å². The first-order valence-electron chi connectivity index (χ1n) is 9.81. The molecule has 0 bridgehead atoms. The van der Waals surface area contributed by atoms with Gasteiger partial charge in [0, 0.05) is 30.2 Å². The summed E-state index contributed by atoms with van der Waals surface area (Å²) in [7, 11) is 0. The number of pyridine rings is 1. The minimum Gasteiger partial charge on any atom is -0.369 e. The van der Waals surface area contributed by atoms with E-state index in [4.69, 9.17) is 10.7 Å². The zero-order valence-electron chi connectivity index (χ0n) is 15.1. The van der Waals surface area contributed by atoms with Crippen molar-refractivity contribution in [2.45, 2.75) is 38.1 Å². The summed E-state index contributed by atoms with van der Waals surface area (Å²) in [5.74, 6) is 0. The van der Waals surface area contributed by atoms with Crippen LogP contribution in [0.25, 0.3) is 22.0 Å². The third-order valence-corrected chi connectivity index (χ3v) is 5.88. The van der Waals surface area contributed by atoms with Gasteiger partial charge in [0.15, 0.2) is 0 Å². The van der Waals surface area contributed by atoms with Gasteiger partial charge in [0.25, 0.3) is 0 Å². The Hall–Kier alpha value is -2.39. The van der Waals surface area contributed by atoms with Crippen molar-refractivity contribution in [2.24, 2.45) is 5.73 Å². The fraction of sp³-hybridized carbons (Fsp3) is 0.348. The molecular formula is C23H25N3. The molecule has 1 aliphatic carbocycles. The average Bonchev–Trinajstić information content (AvgIpc) is 3.12. The smallest absolute Gasteiger partial charge is 0.0726 e. The van der Waals surface area contributed by atoms with Gasteiger partial charge in [-0.25, -0.2) is 0 Å². The van der Waals surface area contributed by atoms with E-state index in [2.05, 4.69) is 53.4 Å². The first-order chi connectivity index (χ1) is 12.8. The summed E-state index contributed by atoms with van der Waals surface area (Å²) in [6.07, 6.45) is 5.86. The number of nitrogens with zero attached hydrogens (tertiary/aromatic N) is 2. The third kappa shape index (κ3) is 2.67. The molecule has 26 heavy (non-hydrogen) atoms. The van der Waals surface area contributed by atoms with Crippen LogP contribution in [-0.4, -0.2) is 24.1 Å². The molecule has 1 saturated heterocycles. The number of aryl methyl sites for hydroxylation is 1. The van der Waals surface area contributed by atoms with Gasteiger partial charge in [-0.2, -0.15) is 0 Å². The molecule has 132 valence electrons. The Balaban J connectivity index is 1.73. The third-order valence-electron chi connectivity index (χ3n) is 5.88. The minimum absolute atomic E-state index is 0.287. The van der Waals surface area contributed by atoms with Crippen molar-refractivity contribution < 1.29 is 0 Å². The number of hydrogen-bond acceptors (Lipinski definition) is 3. The van der Waals surface area contributed by atoms with Gasteiger partial charge in [0.2, 0.25) is 0 Å². The normalized spacial score (nSPS) is 19.7. The van der Waals surface area contributed by atoms with E-state index >= 15 is 0 Å². The molecule has 1 atom stereocenters. The van der Waals surface area contributed by atoms with Crippen LogP contribution >= 0.6 is 0 Å². The molecule has 0 spiro atoms. The molecule has 2 heterocycles. The number of rotatable bonds is 2. The van der Waals surface area contributed by atoms with E-state index in [1.54, 1.807) is 0 Å². The molecule has 2 aromatic carbocycles. The summed E-state index contributed by atoms with van der Waals surface area (Å²) in [4.78, 5) is 7.57. The van der Waals surface area contributed by atoms with Crippen molar-refractivity contribution in [2.75, 3.05) is 18.0 Å². The van der Waals surface area contributed by atoms with Crippen LogP contribution in [0.3, 0.4) is 0 Å². The van der Waals surface area contributed by atoms with Crippen LogP contribution in [0.15, 0.2) is 48.5 Å². The van der Waals surface area contributed by atoms with Gasteiger partial charge in [-0.15, -0.1) is 0 Å². The Morgan fingerprint density at radius 3 is 2.62 bits per heavy atom. The van der Waals surface area contributed by atoms with Gasteiger partial charge >= 0.3 is 0 Å². The molecule has 3 aromatic rings. The lowest BCUT2D eigenvalue weighted by Crippen LogP contribution is -2.28. The largest absolute Gasteiger partial charge is 0.369 e. The minimum atomic E-state index is 0.287. The Kier molecular flexibility index (Phi) is 3.90. The number of fused-ring (bicyclic) bond motifs is 2. The lowest BCUT2D eigenvalue weighted by atomic mass is 9.91. The predicted octanol–water partition coefficient (Wildman–Crippen LogP) is 4.32.